The summed E-state index contributed by atoms with van der Waals surface area (Å²) in [6.07, 6.45) is 2.95. The largest absolute Gasteiger partial charge is 0.393 e. The first-order valence-electron chi connectivity index (χ1n) is 3.72. The van der Waals surface area contributed by atoms with Gasteiger partial charge >= 0.3 is 0 Å². The van der Waals surface area contributed by atoms with E-state index in [-0.39, 0.29) is 6.10 Å². The quantitative estimate of drug-likeness (QED) is 0.616. The van der Waals surface area contributed by atoms with Gasteiger partial charge in [0.2, 0.25) is 0 Å². The third-order valence-electron chi connectivity index (χ3n) is 1.58. The number of hydrogen-bond acceptors (Lipinski definition) is 1. The van der Waals surface area contributed by atoms with Crippen LogP contribution in [0.1, 0.15) is 40.0 Å². The van der Waals surface area contributed by atoms with Crippen molar-refractivity contribution in [2.45, 2.75) is 46.1 Å². The summed E-state index contributed by atoms with van der Waals surface area (Å²) < 4.78 is 0. The Bertz CT molecular complexity index is 55.6. The van der Waals surface area contributed by atoms with Crippen molar-refractivity contribution in [1.82, 2.24) is 0 Å². The highest BCUT2D eigenvalue weighted by atomic mass is 16.3. The highest BCUT2D eigenvalue weighted by molar-refractivity contribution is 4.87. The van der Waals surface area contributed by atoms with Crippen molar-refractivity contribution in [1.29, 1.82) is 0 Å². The minimum Gasteiger partial charge on any atom is -0.393 e. The van der Waals surface area contributed by atoms with E-state index in [4.69, 9.17) is 5.11 Å². The van der Waals surface area contributed by atoms with Crippen molar-refractivity contribution in [2.75, 3.05) is 0 Å². The summed E-state index contributed by atoms with van der Waals surface area (Å²) in [5.41, 5.74) is 0. The topological polar surface area (TPSA) is 20.2 Å². The van der Waals surface area contributed by atoms with Crippen molar-refractivity contribution in [3.05, 3.63) is 5.92 Å². The molecular weight excluding hydrogens is 112 g/mol. The van der Waals surface area contributed by atoms with Gasteiger partial charge in [-0.2, -0.15) is 0 Å². The molecule has 0 bridgehead atoms. The molecule has 1 nitrogen and oxygen atoms in total. The van der Waals surface area contributed by atoms with Gasteiger partial charge in [0.05, 0.1) is 6.10 Å². The van der Waals surface area contributed by atoms with Crippen molar-refractivity contribution in [3.63, 3.8) is 0 Å². The molecule has 1 atom stereocenters. The van der Waals surface area contributed by atoms with E-state index < -0.39 is 0 Å². The summed E-state index contributed by atoms with van der Waals surface area (Å²) in [6, 6.07) is 0. The third-order valence-corrected chi connectivity index (χ3v) is 1.58. The first-order chi connectivity index (χ1) is 4.20. The maximum atomic E-state index is 8.96. The molecule has 0 saturated heterocycles. The molecule has 0 aliphatic rings. The van der Waals surface area contributed by atoms with Gasteiger partial charge < -0.3 is 5.11 Å². The molecule has 0 aliphatic carbocycles. The second-order valence-corrected chi connectivity index (χ2v) is 2.51. The van der Waals surface area contributed by atoms with Crippen LogP contribution in [-0.4, -0.2) is 11.2 Å². The maximum Gasteiger partial charge on any atom is 0.0517 e. The number of rotatable bonds is 4. The Morgan fingerprint density at radius 2 is 1.78 bits per heavy atom. The number of aliphatic hydroxyl groups excluding tert-OH is 1. The first-order valence-corrected chi connectivity index (χ1v) is 3.72. The Morgan fingerprint density at radius 3 is 1.89 bits per heavy atom. The summed E-state index contributed by atoms with van der Waals surface area (Å²) >= 11 is 0. The van der Waals surface area contributed by atoms with Crippen LogP contribution in [0.3, 0.4) is 0 Å². The van der Waals surface area contributed by atoms with Gasteiger partial charge in [-0.25, -0.2) is 0 Å². The van der Waals surface area contributed by atoms with E-state index in [0.29, 0.717) is 0 Å². The summed E-state index contributed by atoms with van der Waals surface area (Å²) in [5.74, 6) is 1.46. The molecule has 0 saturated carbocycles. The fraction of sp³-hybridized carbons (Fsp3) is 0.875. The van der Waals surface area contributed by atoms with E-state index in [1.54, 1.807) is 0 Å². The van der Waals surface area contributed by atoms with Gasteiger partial charge in [0.15, 0.2) is 0 Å². The fourth-order valence-electron chi connectivity index (χ4n) is 0.956. The molecule has 9 heavy (non-hydrogen) atoms. The summed E-state index contributed by atoms with van der Waals surface area (Å²) in [5, 5.41) is 8.96. The van der Waals surface area contributed by atoms with Gasteiger partial charge in [-0.1, -0.05) is 13.8 Å². The fourth-order valence-corrected chi connectivity index (χ4v) is 0.956. The molecule has 1 N–H and O–H groups in total. The molecule has 1 radical (unpaired) electrons. The minimum absolute atomic E-state index is 0.153. The monoisotopic (exact) mass is 129 g/mol. The molecule has 0 heterocycles. The zero-order valence-corrected chi connectivity index (χ0v) is 6.65. The van der Waals surface area contributed by atoms with Crippen LogP contribution < -0.4 is 0 Å². The lowest BCUT2D eigenvalue weighted by Crippen LogP contribution is -2.06. The molecule has 55 valence electrons. The predicted molar refractivity (Wildman–Crippen MR) is 40.1 cm³/mol. The van der Waals surface area contributed by atoms with E-state index in [1.165, 1.54) is 5.92 Å². The molecule has 1 heteroatoms. The number of hydrogen-bond donors (Lipinski definition) is 1. The Balaban J connectivity index is 3.31. The molecule has 0 amide bonds. The predicted octanol–water partition coefficient (Wildman–Crippen LogP) is 2.15. The summed E-state index contributed by atoms with van der Waals surface area (Å²) in [6.45, 7) is 6.12. The highest BCUT2D eigenvalue weighted by Gasteiger charge is 2.06. The van der Waals surface area contributed by atoms with Crippen LogP contribution in [0, 0.1) is 5.92 Å². The molecule has 0 aromatic carbocycles. The van der Waals surface area contributed by atoms with Crippen molar-refractivity contribution < 1.29 is 5.11 Å². The lowest BCUT2D eigenvalue weighted by atomic mass is 9.97. The molecule has 0 aromatic rings. The Labute approximate surface area is 58.1 Å². The van der Waals surface area contributed by atoms with Crippen LogP contribution in [0.5, 0.6) is 0 Å². The van der Waals surface area contributed by atoms with Gasteiger partial charge in [-0.05, 0) is 32.1 Å². The van der Waals surface area contributed by atoms with Gasteiger partial charge in [0, 0.05) is 0 Å². The van der Waals surface area contributed by atoms with Gasteiger partial charge in [0.25, 0.3) is 0 Å². The van der Waals surface area contributed by atoms with Gasteiger partial charge in [0.1, 0.15) is 0 Å². The van der Waals surface area contributed by atoms with Gasteiger partial charge in [-0.3, -0.25) is 0 Å². The lowest BCUT2D eigenvalue weighted by molar-refractivity contribution is 0.186. The molecular formula is C8H17O. The average molecular weight is 129 g/mol. The van der Waals surface area contributed by atoms with Crippen LogP contribution in [0.15, 0.2) is 0 Å². The van der Waals surface area contributed by atoms with Crippen LogP contribution in [0.25, 0.3) is 0 Å². The summed E-state index contributed by atoms with van der Waals surface area (Å²) in [4.78, 5) is 0. The SMILES string of the molecule is CC[C](CC)CC(C)O. The Hall–Kier alpha value is -0.0400. The minimum atomic E-state index is -0.153. The van der Waals surface area contributed by atoms with E-state index in [0.717, 1.165) is 19.3 Å². The maximum absolute atomic E-state index is 8.96. The standard InChI is InChI=1S/C8H17O/c1-4-8(5-2)6-7(3)9/h7,9H,4-6H2,1-3H3. The molecule has 0 spiro atoms. The second kappa shape index (κ2) is 4.80. The summed E-state index contributed by atoms with van der Waals surface area (Å²) in [7, 11) is 0. The molecule has 0 aliphatic heterocycles. The second-order valence-electron chi connectivity index (χ2n) is 2.51. The lowest BCUT2D eigenvalue weighted by Gasteiger charge is -2.12. The zero-order chi connectivity index (χ0) is 7.28. The molecule has 1 unspecified atom stereocenters. The third kappa shape index (κ3) is 4.46. The van der Waals surface area contributed by atoms with Crippen LogP contribution >= 0.6 is 0 Å². The highest BCUT2D eigenvalue weighted by Crippen LogP contribution is 2.16. The van der Waals surface area contributed by atoms with E-state index in [2.05, 4.69) is 13.8 Å². The van der Waals surface area contributed by atoms with E-state index >= 15 is 0 Å². The van der Waals surface area contributed by atoms with Crippen LogP contribution in [0.4, 0.5) is 0 Å². The molecule has 0 rings (SSSR count). The van der Waals surface area contributed by atoms with E-state index in [1.807, 2.05) is 6.92 Å². The average Bonchev–Trinajstić information content (AvgIpc) is 1.82. The van der Waals surface area contributed by atoms with Crippen molar-refractivity contribution in [3.8, 4) is 0 Å². The van der Waals surface area contributed by atoms with Gasteiger partial charge in [-0.15, -0.1) is 0 Å². The normalized spacial score (nSPS) is 14.3. The van der Waals surface area contributed by atoms with E-state index in [9.17, 15) is 0 Å². The van der Waals surface area contributed by atoms with Crippen LogP contribution in [-0.2, 0) is 0 Å². The van der Waals surface area contributed by atoms with Crippen LogP contribution in [0.2, 0.25) is 0 Å². The Morgan fingerprint density at radius 1 is 1.33 bits per heavy atom. The zero-order valence-electron chi connectivity index (χ0n) is 6.65. The van der Waals surface area contributed by atoms with Crippen molar-refractivity contribution >= 4 is 0 Å². The Kier molecular flexibility index (Phi) is 4.78. The van der Waals surface area contributed by atoms with Crippen molar-refractivity contribution in [2.24, 2.45) is 0 Å². The molecule has 0 aromatic heterocycles. The smallest absolute Gasteiger partial charge is 0.0517 e. The first kappa shape index (κ1) is 8.96. The number of aliphatic hydroxyl groups is 1. The molecule has 0 fully saturated rings.